The zero-order valence-electron chi connectivity index (χ0n) is 17.7. The largest absolute Gasteiger partial charge is 0.490 e. The van der Waals surface area contributed by atoms with Gasteiger partial charge in [-0.05, 0) is 43.7 Å². The summed E-state index contributed by atoms with van der Waals surface area (Å²) in [5.41, 5.74) is 2.47. The summed E-state index contributed by atoms with van der Waals surface area (Å²) >= 11 is 6.17. The van der Waals surface area contributed by atoms with Gasteiger partial charge in [-0.25, -0.2) is 0 Å². The predicted molar refractivity (Wildman–Crippen MR) is 137 cm³/mol. The van der Waals surface area contributed by atoms with Crippen molar-refractivity contribution in [2.24, 2.45) is 4.99 Å². The molecule has 3 N–H and O–H groups in total. The lowest BCUT2D eigenvalue weighted by atomic mass is 10.2. The van der Waals surface area contributed by atoms with Crippen LogP contribution in [0.2, 0.25) is 5.02 Å². The molecule has 2 aromatic rings. The van der Waals surface area contributed by atoms with Crippen molar-refractivity contribution in [1.82, 2.24) is 5.32 Å². The molecule has 1 aliphatic rings. The van der Waals surface area contributed by atoms with E-state index in [-0.39, 0.29) is 36.3 Å². The van der Waals surface area contributed by atoms with E-state index in [0.29, 0.717) is 48.7 Å². The molecule has 31 heavy (non-hydrogen) atoms. The van der Waals surface area contributed by atoms with Gasteiger partial charge >= 0.3 is 0 Å². The molecule has 0 spiro atoms. The van der Waals surface area contributed by atoms with Crippen LogP contribution in [0.4, 0.5) is 11.4 Å². The van der Waals surface area contributed by atoms with Crippen molar-refractivity contribution in [3.63, 3.8) is 0 Å². The summed E-state index contributed by atoms with van der Waals surface area (Å²) in [5, 5.41) is 9.76. The van der Waals surface area contributed by atoms with Gasteiger partial charge in [0.2, 0.25) is 5.91 Å². The van der Waals surface area contributed by atoms with Crippen LogP contribution in [-0.2, 0) is 4.79 Å². The number of fused-ring (bicyclic) bond motifs is 1. The van der Waals surface area contributed by atoms with Crippen molar-refractivity contribution in [3.05, 3.63) is 47.0 Å². The first kappa shape index (κ1) is 25.1. The molecular weight excluding hydrogens is 531 g/mol. The number of hydrogen-bond acceptors (Lipinski definition) is 4. The standard InChI is InChI=1S/C22H27ClN4O3.HI/c1-3-24-22(26-16-6-8-19-20(14-16)30-12-4-11-29-19)25-10-9-21(28)27-18-7-5-15(2)13-17(18)23;/h5-8,13-14H,3-4,9-12H2,1-2H3,(H,27,28)(H2,24,25,26);1H. The lowest BCUT2D eigenvalue weighted by Crippen LogP contribution is -2.31. The van der Waals surface area contributed by atoms with E-state index in [1.165, 1.54) is 0 Å². The number of amides is 1. The van der Waals surface area contributed by atoms with Crippen LogP contribution in [0.25, 0.3) is 0 Å². The normalized spacial score (nSPS) is 12.9. The predicted octanol–water partition coefficient (Wildman–Crippen LogP) is 4.83. The molecule has 1 amide bonds. The van der Waals surface area contributed by atoms with Crippen molar-refractivity contribution < 1.29 is 14.3 Å². The Balaban J connectivity index is 0.00000341. The van der Waals surface area contributed by atoms with E-state index in [4.69, 9.17) is 21.1 Å². The lowest BCUT2D eigenvalue weighted by molar-refractivity contribution is -0.116. The fraction of sp³-hybridized carbons (Fsp3) is 0.364. The second-order valence-electron chi connectivity index (χ2n) is 6.88. The van der Waals surface area contributed by atoms with Crippen LogP contribution in [0.15, 0.2) is 41.4 Å². The summed E-state index contributed by atoms with van der Waals surface area (Å²) in [6.45, 7) is 6.24. The number of guanidine groups is 1. The molecule has 0 radical (unpaired) electrons. The number of hydrogen-bond donors (Lipinski definition) is 3. The molecule has 1 heterocycles. The van der Waals surface area contributed by atoms with Gasteiger partial charge < -0.3 is 25.4 Å². The molecule has 2 aromatic carbocycles. The second kappa shape index (κ2) is 12.6. The molecule has 0 unspecified atom stereocenters. The highest BCUT2D eigenvalue weighted by atomic mass is 127. The van der Waals surface area contributed by atoms with Crippen LogP contribution in [-0.4, -0.2) is 38.2 Å². The molecule has 0 fully saturated rings. The smallest absolute Gasteiger partial charge is 0.226 e. The number of benzene rings is 2. The van der Waals surface area contributed by atoms with Gasteiger partial charge in [0.05, 0.1) is 30.5 Å². The van der Waals surface area contributed by atoms with Gasteiger partial charge in [0.25, 0.3) is 0 Å². The topological polar surface area (TPSA) is 84.0 Å². The van der Waals surface area contributed by atoms with E-state index in [1.807, 2.05) is 44.2 Å². The summed E-state index contributed by atoms with van der Waals surface area (Å²) in [4.78, 5) is 16.7. The molecule has 7 nitrogen and oxygen atoms in total. The maximum absolute atomic E-state index is 12.2. The molecule has 0 saturated heterocycles. The van der Waals surface area contributed by atoms with Crippen LogP contribution >= 0.6 is 35.6 Å². The quantitative estimate of drug-likeness (QED) is 0.269. The zero-order chi connectivity index (χ0) is 21.3. The highest BCUT2D eigenvalue weighted by Gasteiger charge is 2.11. The summed E-state index contributed by atoms with van der Waals surface area (Å²) in [6.07, 6.45) is 1.10. The molecule has 0 atom stereocenters. The van der Waals surface area contributed by atoms with E-state index in [1.54, 1.807) is 6.07 Å². The average molecular weight is 559 g/mol. The van der Waals surface area contributed by atoms with Crippen molar-refractivity contribution in [1.29, 1.82) is 0 Å². The Morgan fingerprint density at radius 3 is 2.61 bits per heavy atom. The second-order valence-corrected chi connectivity index (χ2v) is 7.29. The van der Waals surface area contributed by atoms with Gasteiger partial charge in [0.15, 0.2) is 17.5 Å². The van der Waals surface area contributed by atoms with E-state index in [9.17, 15) is 4.79 Å². The number of aliphatic imine (C=N–C) groups is 1. The number of halogens is 2. The van der Waals surface area contributed by atoms with E-state index in [0.717, 1.165) is 23.4 Å². The van der Waals surface area contributed by atoms with Crippen molar-refractivity contribution in [2.45, 2.75) is 26.7 Å². The average Bonchev–Trinajstić information content (AvgIpc) is 2.95. The van der Waals surface area contributed by atoms with Crippen molar-refractivity contribution >= 4 is 58.8 Å². The van der Waals surface area contributed by atoms with Crippen LogP contribution < -0.4 is 25.4 Å². The van der Waals surface area contributed by atoms with E-state index >= 15 is 0 Å². The molecule has 0 aliphatic carbocycles. The minimum Gasteiger partial charge on any atom is -0.490 e. The number of rotatable bonds is 6. The Labute approximate surface area is 205 Å². The first-order valence-corrected chi connectivity index (χ1v) is 10.4. The SMILES string of the molecule is CCNC(=NCCC(=O)Nc1ccc(C)cc1Cl)Nc1ccc2c(c1)OCCCO2.I. The number of nitrogens with one attached hydrogen (secondary N) is 3. The summed E-state index contributed by atoms with van der Waals surface area (Å²) in [6, 6.07) is 11.2. The van der Waals surface area contributed by atoms with Crippen LogP contribution in [0.3, 0.4) is 0 Å². The highest BCUT2D eigenvalue weighted by Crippen LogP contribution is 2.32. The lowest BCUT2D eigenvalue weighted by Gasteiger charge is -2.14. The minimum atomic E-state index is -0.143. The molecule has 0 aromatic heterocycles. The molecule has 9 heteroatoms. The highest BCUT2D eigenvalue weighted by molar-refractivity contribution is 14.0. The fourth-order valence-corrected chi connectivity index (χ4v) is 3.17. The molecule has 0 saturated carbocycles. The van der Waals surface area contributed by atoms with Crippen LogP contribution in [0, 0.1) is 6.92 Å². The monoisotopic (exact) mass is 558 g/mol. The maximum atomic E-state index is 12.2. The molecule has 3 rings (SSSR count). The summed E-state index contributed by atoms with van der Waals surface area (Å²) < 4.78 is 11.4. The first-order valence-electron chi connectivity index (χ1n) is 10.1. The third-order valence-electron chi connectivity index (χ3n) is 4.36. The van der Waals surface area contributed by atoms with Gasteiger partial charge in [0.1, 0.15) is 0 Å². The van der Waals surface area contributed by atoms with Crippen molar-refractivity contribution in [3.8, 4) is 11.5 Å². The van der Waals surface area contributed by atoms with Gasteiger partial charge in [-0.2, -0.15) is 0 Å². The Hall–Kier alpha value is -2.20. The van der Waals surface area contributed by atoms with E-state index in [2.05, 4.69) is 20.9 Å². The third kappa shape index (κ3) is 7.77. The van der Waals surface area contributed by atoms with Gasteiger partial charge in [-0.1, -0.05) is 17.7 Å². The van der Waals surface area contributed by atoms with Gasteiger partial charge in [0, 0.05) is 31.1 Å². The number of carbonyl (C=O) groups excluding carboxylic acids is 1. The number of nitrogens with zero attached hydrogens (tertiary/aromatic N) is 1. The number of carbonyl (C=O) groups is 1. The molecule has 1 aliphatic heterocycles. The molecular formula is C22H28ClIN4O3. The Morgan fingerprint density at radius 2 is 1.87 bits per heavy atom. The first-order chi connectivity index (χ1) is 14.5. The zero-order valence-corrected chi connectivity index (χ0v) is 20.8. The molecule has 168 valence electrons. The third-order valence-corrected chi connectivity index (χ3v) is 4.67. The fourth-order valence-electron chi connectivity index (χ4n) is 2.89. The van der Waals surface area contributed by atoms with Crippen molar-refractivity contribution in [2.75, 3.05) is 36.9 Å². The van der Waals surface area contributed by atoms with Crippen LogP contribution in [0.1, 0.15) is 25.3 Å². The minimum absolute atomic E-state index is 0. The Morgan fingerprint density at radius 1 is 1.10 bits per heavy atom. The Kier molecular flexibility index (Phi) is 10.2. The maximum Gasteiger partial charge on any atom is 0.226 e. The molecule has 0 bridgehead atoms. The Bertz CT molecular complexity index is 924. The number of anilines is 2. The summed E-state index contributed by atoms with van der Waals surface area (Å²) in [5.74, 6) is 1.90. The van der Waals surface area contributed by atoms with Gasteiger partial charge in [-0.15, -0.1) is 24.0 Å². The van der Waals surface area contributed by atoms with E-state index < -0.39 is 0 Å². The van der Waals surface area contributed by atoms with Gasteiger partial charge in [-0.3, -0.25) is 9.79 Å². The van der Waals surface area contributed by atoms with Crippen LogP contribution in [0.5, 0.6) is 11.5 Å². The summed E-state index contributed by atoms with van der Waals surface area (Å²) in [7, 11) is 0. The number of aryl methyl sites for hydroxylation is 1. The number of ether oxygens (including phenoxy) is 2.